The van der Waals surface area contributed by atoms with Crippen LogP contribution in [-0.4, -0.2) is 24.2 Å². The normalized spacial score (nSPS) is 9.06. The van der Waals surface area contributed by atoms with Crippen LogP contribution in [0.2, 0.25) is 0 Å². The number of rotatable bonds is 4. The summed E-state index contributed by atoms with van der Waals surface area (Å²) in [5.74, 6) is 5.79. The maximum absolute atomic E-state index is 10.9. The van der Waals surface area contributed by atoms with Crippen molar-refractivity contribution in [2.75, 3.05) is 7.05 Å². The van der Waals surface area contributed by atoms with E-state index in [1.54, 1.807) is 12.4 Å². The Labute approximate surface area is 98.1 Å². The monoisotopic (exact) mass is 236 g/mol. The maximum atomic E-state index is 10.9. The Bertz CT molecular complexity index is 429. The minimum Gasteiger partial charge on any atom is -0.359 e. The van der Waals surface area contributed by atoms with E-state index in [-0.39, 0.29) is 5.91 Å². The molecule has 0 spiro atoms. The van der Waals surface area contributed by atoms with E-state index in [1.165, 1.54) is 11.3 Å². The number of amides is 1. The van der Waals surface area contributed by atoms with Crippen molar-refractivity contribution in [2.24, 2.45) is 0 Å². The van der Waals surface area contributed by atoms with Crippen molar-refractivity contribution in [3.05, 3.63) is 16.1 Å². The van der Waals surface area contributed by atoms with Gasteiger partial charge >= 0.3 is 0 Å². The molecule has 1 N–H and O–H groups in total. The summed E-state index contributed by atoms with van der Waals surface area (Å²) in [5, 5.41) is 4.73. The van der Waals surface area contributed by atoms with Crippen LogP contribution < -0.4 is 5.32 Å². The lowest BCUT2D eigenvalue weighted by Crippen LogP contribution is -2.16. The summed E-state index contributed by atoms with van der Waals surface area (Å²) in [5.41, 5.74) is 0.618. The van der Waals surface area contributed by atoms with Crippen LogP contribution in [0.15, 0.2) is 5.38 Å². The Kier molecular flexibility index (Phi) is 5.23. The van der Waals surface area contributed by atoms with Gasteiger partial charge in [0.2, 0.25) is 5.91 Å². The highest BCUT2D eigenvalue weighted by Crippen LogP contribution is 2.05. The average molecular weight is 236 g/mol. The Morgan fingerprint density at radius 1 is 1.69 bits per heavy atom. The molecular formula is C11H12N2O2S. The number of hydrogen-bond acceptors (Lipinski definition) is 4. The van der Waals surface area contributed by atoms with Crippen LogP contribution in [0.3, 0.4) is 0 Å². The van der Waals surface area contributed by atoms with Crippen LogP contribution in [0.1, 0.15) is 34.8 Å². The molecule has 1 heterocycles. The van der Waals surface area contributed by atoms with Crippen molar-refractivity contribution < 1.29 is 9.59 Å². The molecule has 0 aliphatic carbocycles. The first-order valence-electron chi connectivity index (χ1n) is 4.86. The summed E-state index contributed by atoms with van der Waals surface area (Å²) in [7, 11) is 1.62. The molecule has 16 heavy (non-hydrogen) atoms. The van der Waals surface area contributed by atoms with Gasteiger partial charge in [0, 0.05) is 25.3 Å². The molecule has 1 aromatic rings. The fourth-order valence-electron chi connectivity index (χ4n) is 1.01. The lowest BCUT2D eigenvalue weighted by molar-refractivity contribution is -0.120. The molecule has 0 saturated heterocycles. The minimum atomic E-state index is 0.0266. The molecule has 0 aliphatic rings. The van der Waals surface area contributed by atoms with E-state index >= 15 is 0 Å². The number of aromatic nitrogens is 1. The highest BCUT2D eigenvalue weighted by atomic mass is 32.1. The molecule has 84 valence electrons. The van der Waals surface area contributed by atoms with E-state index < -0.39 is 0 Å². The van der Waals surface area contributed by atoms with Gasteiger partial charge < -0.3 is 5.32 Å². The Morgan fingerprint density at radius 2 is 2.50 bits per heavy atom. The second-order valence-corrected chi connectivity index (χ2v) is 3.91. The molecule has 0 radical (unpaired) electrons. The third-order valence-corrected chi connectivity index (χ3v) is 2.59. The number of aldehydes is 1. The molecule has 1 rings (SSSR count). The van der Waals surface area contributed by atoms with E-state index in [0.29, 0.717) is 29.8 Å². The lowest BCUT2D eigenvalue weighted by Gasteiger charge is -1.94. The second kappa shape index (κ2) is 6.75. The SMILES string of the molecule is CNC(=O)CCCC#Cc1csc(C=O)n1. The lowest BCUT2D eigenvalue weighted by atomic mass is 10.2. The number of nitrogens with zero attached hydrogens (tertiary/aromatic N) is 1. The molecule has 0 atom stereocenters. The topological polar surface area (TPSA) is 59.1 Å². The molecule has 0 bridgehead atoms. The van der Waals surface area contributed by atoms with Crippen molar-refractivity contribution >= 4 is 23.5 Å². The van der Waals surface area contributed by atoms with Crippen LogP contribution in [0, 0.1) is 11.8 Å². The molecule has 4 nitrogen and oxygen atoms in total. The van der Waals surface area contributed by atoms with Crippen molar-refractivity contribution in [1.82, 2.24) is 10.3 Å². The van der Waals surface area contributed by atoms with Gasteiger partial charge in [-0.2, -0.15) is 0 Å². The average Bonchev–Trinajstić information content (AvgIpc) is 2.76. The third kappa shape index (κ3) is 4.24. The number of nitrogens with one attached hydrogen (secondary N) is 1. The van der Waals surface area contributed by atoms with Crippen LogP contribution in [0.25, 0.3) is 0 Å². The maximum Gasteiger partial charge on any atom is 0.219 e. The number of carbonyl (C=O) groups excluding carboxylic acids is 2. The van der Waals surface area contributed by atoms with Crippen LogP contribution >= 0.6 is 11.3 Å². The Morgan fingerprint density at radius 3 is 3.12 bits per heavy atom. The Balaban J connectivity index is 2.32. The predicted molar refractivity (Wildman–Crippen MR) is 62.3 cm³/mol. The van der Waals surface area contributed by atoms with E-state index in [1.807, 2.05) is 0 Å². The molecule has 0 saturated carbocycles. The highest BCUT2D eigenvalue weighted by Gasteiger charge is 1.97. The van der Waals surface area contributed by atoms with Crippen LogP contribution in [-0.2, 0) is 4.79 Å². The first-order chi connectivity index (χ1) is 7.76. The van der Waals surface area contributed by atoms with E-state index in [2.05, 4.69) is 22.1 Å². The second-order valence-electron chi connectivity index (χ2n) is 3.02. The number of hydrogen-bond donors (Lipinski definition) is 1. The minimum absolute atomic E-state index is 0.0266. The first-order valence-corrected chi connectivity index (χ1v) is 5.74. The summed E-state index contributed by atoms with van der Waals surface area (Å²) in [6.45, 7) is 0. The quantitative estimate of drug-likeness (QED) is 0.486. The summed E-state index contributed by atoms with van der Waals surface area (Å²) in [6, 6.07) is 0. The Hall–Kier alpha value is -1.67. The van der Waals surface area contributed by atoms with E-state index in [4.69, 9.17) is 0 Å². The smallest absolute Gasteiger partial charge is 0.219 e. The van der Waals surface area contributed by atoms with Gasteiger partial charge in [0.05, 0.1) is 0 Å². The molecule has 1 amide bonds. The summed E-state index contributed by atoms with van der Waals surface area (Å²) >= 11 is 1.28. The van der Waals surface area contributed by atoms with Gasteiger partial charge in [-0.1, -0.05) is 5.92 Å². The van der Waals surface area contributed by atoms with Gasteiger partial charge in [-0.05, 0) is 12.3 Å². The van der Waals surface area contributed by atoms with Crippen LogP contribution in [0.4, 0.5) is 0 Å². The van der Waals surface area contributed by atoms with Gasteiger partial charge in [-0.15, -0.1) is 11.3 Å². The van der Waals surface area contributed by atoms with Gasteiger partial charge in [-0.3, -0.25) is 9.59 Å². The number of unbranched alkanes of at least 4 members (excludes halogenated alkanes) is 1. The molecule has 0 aromatic carbocycles. The van der Waals surface area contributed by atoms with Crippen molar-refractivity contribution in [3.63, 3.8) is 0 Å². The molecule has 0 unspecified atom stereocenters. The highest BCUT2D eigenvalue weighted by molar-refractivity contribution is 7.11. The molecule has 1 aromatic heterocycles. The van der Waals surface area contributed by atoms with Gasteiger partial charge in [0.1, 0.15) is 5.69 Å². The van der Waals surface area contributed by atoms with Crippen molar-refractivity contribution in [2.45, 2.75) is 19.3 Å². The molecule has 0 aliphatic heterocycles. The van der Waals surface area contributed by atoms with Gasteiger partial charge in [0.15, 0.2) is 11.3 Å². The summed E-state index contributed by atoms with van der Waals surface area (Å²) in [4.78, 5) is 25.2. The zero-order chi connectivity index (χ0) is 11.8. The third-order valence-electron chi connectivity index (χ3n) is 1.82. The standard InChI is InChI=1S/C11H12N2O2S/c1-12-10(15)6-4-2-3-5-9-8-16-11(7-14)13-9/h7-8H,2,4,6H2,1H3,(H,12,15). The van der Waals surface area contributed by atoms with E-state index in [9.17, 15) is 9.59 Å². The fraction of sp³-hybridized carbons (Fsp3) is 0.364. The molecule has 5 heteroatoms. The summed E-state index contributed by atoms with van der Waals surface area (Å²) in [6.07, 6.45) is 2.59. The first kappa shape index (κ1) is 12.4. The predicted octanol–water partition coefficient (Wildman–Crippen LogP) is 1.22. The molecule has 0 fully saturated rings. The van der Waals surface area contributed by atoms with Crippen LogP contribution in [0.5, 0.6) is 0 Å². The number of carbonyl (C=O) groups is 2. The van der Waals surface area contributed by atoms with Crippen molar-refractivity contribution in [1.29, 1.82) is 0 Å². The van der Waals surface area contributed by atoms with Gasteiger partial charge in [0.25, 0.3) is 0 Å². The molecular weight excluding hydrogens is 224 g/mol. The fourth-order valence-corrected chi connectivity index (χ4v) is 1.57. The zero-order valence-electron chi connectivity index (χ0n) is 8.95. The largest absolute Gasteiger partial charge is 0.359 e. The van der Waals surface area contributed by atoms with Gasteiger partial charge in [-0.25, -0.2) is 4.98 Å². The number of thiazole rings is 1. The zero-order valence-corrected chi connectivity index (χ0v) is 9.76. The van der Waals surface area contributed by atoms with E-state index in [0.717, 1.165) is 6.42 Å². The van der Waals surface area contributed by atoms with Crippen molar-refractivity contribution in [3.8, 4) is 11.8 Å². The summed E-state index contributed by atoms with van der Waals surface area (Å²) < 4.78 is 0.